The quantitative estimate of drug-likeness (QED) is 0.589. The van der Waals surface area contributed by atoms with E-state index >= 15 is 0 Å². The normalized spacial score (nSPS) is 12.0. The molecule has 3 aromatic rings. The molecule has 0 aliphatic rings. The summed E-state index contributed by atoms with van der Waals surface area (Å²) in [7, 11) is 0. The van der Waals surface area contributed by atoms with Crippen LogP contribution in [0.1, 0.15) is 20.3 Å². The lowest BCUT2D eigenvalue weighted by atomic mass is 10.2. The summed E-state index contributed by atoms with van der Waals surface area (Å²) in [5.41, 5.74) is 1.72. The predicted molar refractivity (Wildman–Crippen MR) is 110 cm³/mol. The molecule has 0 bridgehead atoms. The van der Waals surface area contributed by atoms with Gasteiger partial charge in [0.15, 0.2) is 11.0 Å². The fraction of sp³-hybridized carbons (Fsp3) is 0.250. The summed E-state index contributed by atoms with van der Waals surface area (Å²) in [6.45, 7) is 4.03. The average Bonchev–Trinajstić information content (AvgIpc) is 3.11. The lowest BCUT2D eigenvalue weighted by Gasteiger charge is -2.12. The van der Waals surface area contributed by atoms with Crippen molar-refractivity contribution in [3.05, 3.63) is 59.6 Å². The summed E-state index contributed by atoms with van der Waals surface area (Å²) in [6.07, 6.45) is 0.896. The Morgan fingerprint density at radius 2 is 1.85 bits per heavy atom. The van der Waals surface area contributed by atoms with Gasteiger partial charge < -0.3 is 5.32 Å². The first kappa shape index (κ1) is 19.5. The first-order chi connectivity index (χ1) is 13.1. The monoisotopic (exact) mass is 400 g/mol. The van der Waals surface area contributed by atoms with Gasteiger partial charge in [-0.1, -0.05) is 60.6 Å². The highest BCUT2D eigenvalue weighted by Crippen LogP contribution is 2.31. The van der Waals surface area contributed by atoms with Crippen molar-refractivity contribution in [3.63, 3.8) is 0 Å². The molecule has 1 atom stereocenters. The molecule has 1 unspecified atom stereocenters. The number of halogens is 1. The van der Waals surface area contributed by atoms with Gasteiger partial charge in [0.25, 0.3) is 0 Å². The van der Waals surface area contributed by atoms with Crippen LogP contribution < -0.4 is 5.32 Å². The zero-order valence-corrected chi connectivity index (χ0v) is 16.8. The first-order valence-corrected chi connectivity index (χ1v) is 10.1. The Bertz CT molecular complexity index is 913. The molecule has 0 saturated carbocycles. The van der Waals surface area contributed by atoms with Crippen molar-refractivity contribution in [2.24, 2.45) is 0 Å². The van der Waals surface area contributed by atoms with E-state index in [2.05, 4.69) is 15.5 Å². The largest absolute Gasteiger partial charge is 0.353 e. The Morgan fingerprint density at radius 3 is 2.56 bits per heavy atom. The Labute approximate surface area is 168 Å². The lowest BCUT2D eigenvalue weighted by Crippen LogP contribution is -2.33. The van der Waals surface area contributed by atoms with Gasteiger partial charge >= 0.3 is 0 Å². The van der Waals surface area contributed by atoms with Gasteiger partial charge in [0, 0.05) is 17.3 Å². The molecule has 2 aromatic carbocycles. The molecule has 7 heteroatoms. The van der Waals surface area contributed by atoms with Crippen molar-refractivity contribution in [2.75, 3.05) is 5.75 Å². The maximum atomic E-state index is 12.2. The number of amides is 1. The highest BCUT2D eigenvalue weighted by atomic mass is 35.5. The molecule has 27 heavy (non-hydrogen) atoms. The Hall–Kier alpha value is -2.31. The van der Waals surface area contributed by atoms with E-state index in [9.17, 15) is 4.79 Å². The van der Waals surface area contributed by atoms with E-state index in [4.69, 9.17) is 11.6 Å². The molecule has 0 radical (unpaired) electrons. The number of rotatable bonds is 7. The summed E-state index contributed by atoms with van der Waals surface area (Å²) in [5.74, 6) is 0.908. The fourth-order valence-electron chi connectivity index (χ4n) is 2.54. The van der Waals surface area contributed by atoms with Crippen LogP contribution in [0.25, 0.3) is 17.1 Å². The Kier molecular flexibility index (Phi) is 6.53. The van der Waals surface area contributed by atoms with Crippen molar-refractivity contribution in [1.82, 2.24) is 20.1 Å². The number of nitrogens with zero attached hydrogens (tertiary/aromatic N) is 3. The number of carbonyl (C=O) groups is 1. The number of para-hydroxylation sites is 1. The van der Waals surface area contributed by atoms with E-state index in [1.54, 1.807) is 0 Å². The molecule has 5 nitrogen and oxygen atoms in total. The van der Waals surface area contributed by atoms with Crippen LogP contribution in [0.5, 0.6) is 0 Å². The second kappa shape index (κ2) is 9.06. The Morgan fingerprint density at radius 1 is 1.15 bits per heavy atom. The van der Waals surface area contributed by atoms with E-state index in [0.717, 1.165) is 17.7 Å². The molecule has 0 aliphatic carbocycles. The molecular formula is C20H21ClN4OS. The smallest absolute Gasteiger partial charge is 0.230 e. The third-order valence-corrected chi connectivity index (χ3v) is 5.37. The third kappa shape index (κ3) is 4.70. The number of benzene rings is 2. The molecule has 1 N–H and O–H groups in total. The van der Waals surface area contributed by atoms with Crippen LogP contribution >= 0.6 is 23.4 Å². The van der Waals surface area contributed by atoms with Gasteiger partial charge in [-0.3, -0.25) is 9.36 Å². The van der Waals surface area contributed by atoms with E-state index in [-0.39, 0.29) is 17.7 Å². The van der Waals surface area contributed by atoms with Crippen molar-refractivity contribution >= 4 is 29.3 Å². The third-order valence-electron chi connectivity index (χ3n) is 4.11. The maximum absolute atomic E-state index is 12.2. The zero-order chi connectivity index (χ0) is 19.2. The van der Waals surface area contributed by atoms with Crippen molar-refractivity contribution in [2.45, 2.75) is 31.5 Å². The molecule has 1 heterocycles. The highest BCUT2D eigenvalue weighted by Gasteiger charge is 2.19. The summed E-state index contributed by atoms with van der Waals surface area (Å²) in [6, 6.07) is 17.5. The lowest BCUT2D eigenvalue weighted by molar-refractivity contribution is -0.119. The van der Waals surface area contributed by atoms with E-state index < -0.39 is 0 Å². The van der Waals surface area contributed by atoms with Crippen molar-refractivity contribution < 1.29 is 4.79 Å². The molecule has 0 fully saturated rings. The maximum Gasteiger partial charge on any atom is 0.230 e. The molecule has 0 spiro atoms. The number of hydrogen-bond donors (Lipinski definition) is 1. The minimum Gasteiger partial charge on any atom is -0.353 e. The van der Waals surface area contributed by atoms with E-state index in [1.807, 2.05) is 73.0 Å². The van der Waals surface area contributed by atoms with Crippen LogP contribution in [-0.4, -0.2) is 32.5 Å². The highest BCUT2D eigenvalue weighted by molar-refractivity contribution is 7.99. The second-order valence-corrected chi connectivity index (χ2v) is 7.47. The number of thioether (sulfide) groups is 1. The van der Waals surface area contributed by atoms with E-state index in [0.29, 0.717) is 16.0 Å². The van der Waals surface area contributed by atoms with E-state index in [1.165, 1.54) is 11.8 Å². The van der Waals surface area contributed by atoms with Gasteiger partial charge in [-0.25, -0.2) is 0 Å². The van der Waals surface area contributed by atoms with Gasteiger partial charge in [-0.2, -0.15) is 0 Å². The second-order valence-electron chi connectivity index (χ2n) is 6.12. The van der Waals surface area contributed by atoms with Gasteiger partial charge in [0.1, 0.15) is 0 Å². The molecular weight excluding hydrogens is 380 g/mol. The van der Waals surface area contributed by atoms with Crippen LogP contribution in [0.4, 0.5) is 0 Å². The predicted octanol–water partition coefficient (Wildman–Crippen LogP) is 4.59. The van der Waals surface area contributed by atoms with Gasteiger partial charge in [-0.15, -0.1) is 10.2 Å². The number of hydrogen-bond acceptors (Lipinski definition) is 4. The topological polar surface area (TPSA) is 59.8 Å². The molecule has 1 aromatic heterocycles. The summed E-state index contributed by atoms with van der Waals surface area (Å²) >= 11 is 7.73. The summed E-state index contributed by atoms with van der Waals surface area (Å²) in [4.78, 5) is 12.2. The average molecular weight is 401 g/mol. The summed E-state index contributed by atoms with van der Waals surface area (Å²) < 4.78 is 1.93. The molecule has 1 amide bonds. The van der Waals surface area contributed by atoms with Crippen molar-refractivity contribution in [1.29, 1.82) is 0 Å². The standard InChI is InChI=1S/C20H21ClN4OS/c1-3-14(2)22-18(26)13-27-20-24-23-19(16-11-7-8-12-17(16)21)25(20)15-9-5-4-6-10-15/h4-12,14H,3,13H2,1-2H3,(H,22,26). The van der Waals surface area contributed by atoms with Gasteiger partial charge in [0.2, 0.25) is 5.91 Å². The van der Waals surface area contributed by atoms with Gasteiger partial charge in [-0.05, 0) is 37.6 Å². The zero-order valence-electron chi connectivity index (χ0n) is 15.2. The number of carbonyl (C=O) groups excluding carboxylic acids is 1. The van der Waals surface area contributed by atoms with Crippen molar-refractivity contribution in [3.8, 4) is 17.1 Å². The SMILES string of the molecule is CCC(C)NC(=O)CSc1nnc(-c2ccccc2Cl)n1-c1ccccc1. The number of nitrogens with one attached hydrogen (secondary N) is 1. The van der Waals surface area contributed by atoms with Gasteiger partial charge in [0.05, 0.1) is 10.8 Å². The minimum atomic E-state index is -0.0174. The van der Waals surface area contributed by atoms with Crippen LogP contribution in [0.15, 0.2) is 59.8 Å². The fourth-order valence-corrected chi connectivity index (χ4v) is 3.52. The molecule has 0 saturated heterocycles. The molecule has 3 rings (SSSR count). The number of aromatic nitrogens is 3. The van der Waals surface area contributed by atoms with Crippen LogP contribution in [0.3, 0.4) is 0 Å². The summed E-state index contributed by atoms with van der Waals surface area (Å²) in [5, 5.41) is 12.9. The van der Waals surface area contributed by atoms with Crippen LogP contribution in [0.2, 0.25) is 5.02 Å². The molecule has 0 aliphatic heterocycles. The first-order valence-electron chi connectivity index (χ1n) is 8.78. The van der Waals surface area contributed by atoms with Crippen LogP contribution in [0, 0.1) is 0 Å². The Balaban J connectivity index is 1.93. The molecule has 140 valence electrons. The van der Waals surface area contributed by atoms with Crippen LogP contribution in [-0.2, 0) is 4.79 Å². The minimum absolute atomic E-state index is 0.0174.